The predicted molar refractivity (Wildman–Crippen MR) is 78.2 cm³/mol. The lowest BCUT2D eigenvalue weighted by Crippen LogP contribution is -2.32. The molecule has 0 atom stereocenters. The molecule has 0 aliphatic rings. The van der Waals surface area contributed by atoms with Crippen LogP contribution in [-0.2, 0) is 6.54 Å². The smallest absolute Gasteiger partial charge is 0.137 e. The molecule has 102 valence electrons. The van der Waals surface area contributed by atoms with E-state index in [-0.39, 0.29) is 5.82 Å². The van der Waals surface area contributed by atoms with Crippen LogP contribution in [0, 0.1) is 5.82 Å². The van der Waals surface area contributed by atoms with E-state index in [1.807, 2.05) is 6.07 Å². The van der Waals surface area contributed by atoms with E-state index in [9.17, 15) is 4.39 Å². The summed E-state index contributed by atoms with van der Waals surface area (Å²) in [5.41, 5.74) is 1.02. The standard InChI is InChI=1S/C14H22BrFN2/c1-4-8-18(10-9-17(2)3)11-12-6-5-7-13(16)14(12)15/h5-7H,4,8-11H2,1-3H3. The Morgan fingerprint density at radius 3 is 2.50 bits per heavy atom. The Kier molecular flexibility index (Phi) is 6.82. The van der Waals surface area contributed by atoms with E-state index in [0.29, 0.717) is 4.47 Å². The van der Waals surface area contributed by atoms with E-state index in [4.69, 9.17) is 0 Å². The highest BCUT2D eigenvalue weighted by Crippen LogP contribution is 2.21. The quantitative estimate of drug-likeness (QED) is 0.761. The minimum absolute atomic E-state index is 0.184. The zero-order valence-corrected chi connectivity index (χ0v) is 13.0. The fourth-order valence-electron chi connectivity index (χ4n) is 1.84. The lowest BCUT2D eigenvalue weighted by Gasteiger charge is -2.24. The number of halogens is 2. The molecule has 0 bridgehead atoms. The highest BCUT2D eigenvalue weighted by Gasteiger charge is 2.10. The molecule has 0 aliphatic heterocycles. The molecule has 0 amide bonds. The van der Waals surface area contributed by atoms with Crippen molar-refractivity contribution in [2.24, 2.45) is 0 Å². The predicted octanol–water partition coefficient (Wildman–Crippen LogP) is 3.36. The van der Waals surface area contributed by atoms with Crippen molar-refractivity contribution in [2.45, 2.75) is 19.9 Å². The molecule has 1 rings (SSSR count). The molecule has 0 aromatic heterocycles. The van der Waals surface area contributed by atoms with Gasteiger partial charge in [0.2, 0.25) is 0 Å². The fraction of sp³-hybridized carbons (Fsp3) is 0.571. The van der Waals surface area contributed by atoms with Gasteiger partial charge in [-0.2, -0.15) is 0 Å². The van der Waals surface area contributed by atoms with Crippen LogP contribution < -0.4 is 0 Å². The van der Waals surface area contributed by atoms with Gasteiger partial charge in [-0.3, -0.25) is 4.90 Å². The molecule has 0 saturated heterocycles. The van der Waals surface area contributed by atoms with E-state index in [1.165, 1.54) is 6.07 Å². The third kappa shape index (κ3) is 5.04. The van der Waals surface area contributed by atoms with Crippen molar-refractivity contribution < 1.29 is 4.39 Å². The Hall–Kier alpha value is -0.450. The maximum atomic E-state index is 13.5. The first-order valence-electron chi connectivity index (χ1n) is 6.34. The summed E-state index contributed by atoms with van der Waals surface area (Å²) in [6, 6.07) is 5.23. The van der Waals surface area contributed by atoms with E-state index in [2.05, 4.69) is 46.7 Å². The number of hydrogen-bond acceptors (Lipinski definition) is 2. The summed E-state index contributed by atoms with van der Waals surface area (Å²) < 4.78 is 14.0. The molecule has 0 radical (unpaired) electrons. The number of benzene rings is 1. The van der Waals surface area contributed by atoms with E-state index in [0.717, 1.165) is 38.2 Å². The van der Waals surface area contributed by atoms with E-state index < -0.39 is 0 Å². The summed E-state index contributed by atoms with van der Waals surface area (Å²) in [6.45, 7) is 6.02. The molecule has 4 heteroatoms. The summed E-state index contributed by atoms with van der Waals surface area (Å²) >= 11 is 3.33. The van der Waals surface area contributed by atoms with Crippen molar-refractivity contribution >= 4 is 15.9 Å². The molecule has 1 aromatic carbocycles. The van der Waals surface area contributed by atoms with Crippen LogP contribution >= 0.6 is 15.9 Å². The van der Waals surface area contributed by atoms with Crippen molar-refractivity contribution in [3.05, 3.63) is 34.1 Å². The highest BCUT2D eigenvalue weighted by molar-refractivity contribution is 9.10. The van der Waals surface area contributed by atoms with Crippen molar-refractivity contribution in [3.8, 4) is 0 Å². The third-order valence-corrected chi connectivity index (χ3v) is 3.72. The van der Waals surface area contributed by atoms with Gasteiger partial charge in [-0.05, 0) is 54.6 Å². The van der Waals surface area contributed by atoms with Crippen LogP contribution in [0.4, 0.5) is 4.39 Å². The molecule has 1 aromatic rings. The normalized spacial score (nSPS) is 11.5. The van der Waals surface area contributed by atoms with Crippen molar-refractivity contribution in [1.29, 1.82) is 0 Å². The van der Waals surface area contributed by atoms with Crippen molar-refractivity contribution in [1.82, 2.24) is 9.80 Å². The molecule has 0 spiro atoms. The van der Waals surface area contributed by atoms with Crippen LogP contribution in [0.25, 0.3) is 0 Å². The summed E-state index contributed by atoms with van der Waals surface area (Å²) in [7, 11) is 4.14. The summed E-state index contributed by atoms with van der Waals surface area (Å²) in [5.74, 6) is -0.184. The van der Waals surface area contributed by atoms with Crippen LogP contribution in [0.2, 0.25) is 0 Å². The summed E-state index contributed by atoms with van der Waals surface area (Å²) in [6.07, 6.45) is 1.11. The van der Waals surface area contributed by atoms with Gasteiger partial charge in [-0.15, -0.1) is 0 Å². The number of rotatable bonds is 7. The first-order chi connectivity index (χ1) is 8.54. The lowest BCUT2D eigenvalue weighted by molar-refractivity contribution is 0.233. The molecular formula is C14H22BrFN2. The number of hydrogen-bond donors (Lipinski definition) is 0. The van der Waals surface area contributed by atoms with Gasteiger partial charge in [0.15, 0.2) is 0 Å². The van der Waals surface area contributed by atoms with E-state index in [1.54, 1.807) is 6.07 Å². The topological polar surface area (TPSA) is 6.48 Å². The molecule has 0 heterocycles. The fourth-order valence-corrected chi connectivity index (χ4v) is 2.23. The number of likely N-dealkylation sites (N-methyl/N-ethyl adjacent to an activating group) is 1. The van der Waals surface area contributed by atoms with Crippen LogP contribution in [0.1, 0.15) is 18.9 Å². The zero-order chi connectivity index (χ0) is 13.5. The van der Waals surface area contributed by atoms with Crippen LogP contribution in [0.15, 0.2) is 22.7 Å². The molecule has 2 nitrogen and oxygen atoms in total. The molecule has 18 heavy (non-hydrogen) atoms. The van der Waals surface area contributed by atoms with Crippen LogP contribution in [0.5, 0.6) is 0 Å². The van der Waals surface area contributed by atoms with Gasteiger partial charge in [0.25, 0.3) is 0 Å². The zero-order valence-electron chi connectivity index (χ0n) is 11.4. The van der Waals surface area contributed by atoms with Crippen molar-refractivity contribution in [3.63, 3.8) is 0 Å². The minimum Gasteiger partial charge on any atom is -0.308 e. The van der Waals surface area contributed by atoms with Gasteiger partial charge in [0.05, 0.1) is 4.47 Å². The second kappa shape index (κ2) is 7.87. The van der Waals surface area contributed by atoms with Crippen molar-refractivity contribution in [2.75, 3.05) is 33.7 Å². The van der Waals surface area contributed by atoms with E-state index >= 15 is 0 Å². The van der Waals surface area contributed by atoms with Gasteiger partial charge in [0, 0.05) is 19.6 Å². The third-order valence-electron chi connectivity index (χ3n) is 2.83. The molecule has 0 saturated carbocycles. The van der Waals surface area contributed by atoms with Gasteiger partial charge >= 0.3 is 0 Å². The summed E-state index contributed by atoms with van der Waals surface area (Å²) in [4.78, 5) is 4.53. The molecule has 0 unspecified atom stereocenters. The Labute approximate surface area is 118 Å². The van der Waals surface area contributed by atoms with Gasteiger partial charge < -0.3 is 4.90 Å². The van der Waals surface area contributed by atoms with Gasteiger partial charge in [0.1, 0.15) is 5.82 Å². The second-order valence-corrected chi connectivity index (χ2v) is 5.59. The minimum atomic E-state index is -0.184. The molecule has 0 N–H and O–H groups in total. The Morgan fingerprint density at radius 2 is 1.89 bits per heavy atom. The molecule has 0 fully saturated rings. The largest absolute Gasteiger partial charge is 0.308 e. The Morgan fingerprint density at radius 1 is 1.17 bits per heavy atom. The molecule has 0 aliphatic carbocycles. The SMILES string of the molecule is CCCN(CCN(C)C)Cc1cccc(F)c1Br. The maximum absolute atomic E-state index is 13.5. The maximum Gasteiger partial charge on any atom is 0.137 e. The Bertz CT molecular complexity index is 369. The van der Waals surface area contributed by atoms with Crippen LogP contribution in [-0.4, -0.2) is 43.5 Å². The second-order valence-electron chi connectivity index (χ2n) is 4.79. The highest BCUT2D eigenvalue weighted by atomic mass is 79.9. The van der Waals surface area contributed by atoms with Gasteiger partial charge in [-0.25, -0.2) is 4.39 Å². The molecular weight excluding hydrogens is 295 g/mol. The lowest BCUT2D eigenvalue weighted by atomic mass is 10.2. The summed E-state index contributed by atoms with van der Waals surface area (Å²) in [5, 5.41) is 0. The number of nitrogens with zero attached hydrogens (tertiary/aromatic N) is 2. The average molecular weight is 317 g/mol. The first kappa shape index (κ1) is 15.6. The Balaban J connectivity index is 2.67. The van der Waals surface area contributed by atoms with Crippen LogP contribution in [0.3, 0.4) is 0 Å². The monoisotopic (exact) mass is 316 g/mol. The first-order valence-corrected chi connectivity index (χ1v) is 7.13. The average Bonchev–Trinajstić information content (AvgIpc) is 2.32. The van der Waals surface area contributed by atoms with Gasteiger partial charge in [-0.1, -0.05) is 19.1 Å².